The third kappa shape index (κ3) is 4.93. The highest BCUT2D eigenvalue weighted by Crippen LogP contribution is 2.17. The van der Waals surface area contributed by atoms with E-state index in [1.165, 1.54) is 28.6 Å². The number of rotatable bonds is 6. The van der Waals surface area contributed by atoms with E-state index < -0.39 is 21.8 Å². The summed E-state index contributed by atoms with van der Waals surface area (Å²) < 4.78 is 26.5. The lowest BCUT2D eigenvalue weighted by molar-refractivity contribution is 0.0846. The number of carbonyl (C=O) groups excluding carboxylic acids is 2. The SMILES string of the molecule is CCN(CC)S(=O)(=O)c1cccc(C(=O)NNC(=O)c2ccc(C)cc2)c1. The molecule has 0 heterocycles. The van der Waals surface area contributed by atoms with Gasteiger partial charge in [0.1, 0.15) is 0 Å². The predicted octanol–water partition coefficient (Wildman–Crippen LogP) is 2.10. The maximum atomic E-state index is 12.6. The minimum absolute atomic E-state index is 0.0312. The highest BCUT2D eigenvalue weighted by molar-refractivity contribution is 7.89. The number of hydrogen-bond acceptors (Lipinski definition) is 4. The molecule has 0 spiro atoms. The molecule has 0 atom stereocenters. The van der Waals surface area contributed by atoms with E-state index in [2.05, 4.69) is 10.9 Å². The molecule has 0 radical (unpaired) electrons. The highest BCUT2D eigenvalue weighted by atomic mass is 32.2. The van der Waals surface area contributed by atoms with Gasteiger partial charge in [-0.1, -0.05) is 37.6 Å². The molecule has 27 heavy (non-hydrogen) atoms. The normalized spacial score (nSPS) is 11.3. The Morgan fingerprint density at radius 1 is 0.889 bits per heavy atom. The summed E-state index contributed by atoms with van der Waals surface area (Å²) in [5.74, 6) is -1.07. The second-order valence-electron chi connectivity index (χ2n) is 5.89. The van der Waals surface area contributed by atoms with Gasteiger partial charge in [-0.3, -0.25) is 20.4 Å². The molecule has 0 aromatic heterocycles. The van der Waals surface area contributed by atoms with Crippen LogP contribution in [0.15, 0.2) is 53.4 Å². The van der Waals surface area contributed by atoms with E-state index in [-0.39, 0.29) is 10.5 Å². The molecule has 2 aromatic rings. The van der Waals surface area contributed by atoms with E-state index in [0.717, 1.165) is 5.56 Å². The highest BCUT2D eigenvalue weighted by Gasteiger charge is 2.22. The van der Waals surface area contributed by atoms with Gasteiger partial charge in [-0.15, -0.1) is 0 Å². The van der Waals surface area contributed by atoms with Crippen LogP contribution in [-0.4, -0.2) is 37.6 Å². The zero-order valence-corrected chi connectivity index (χ0v) is 16.3. The predicted molar refractivity (Wildman–Crippen MR) is 103 cm³/mol. The zero-order chi connectivity index (χ0) is 20.0. The molecule has 2 rings (SSSR count). The standard InChI is InChI=1S/C19H23N3O4S/c1-4-22(5-2)27(25,26)17-8-6-7-16(13-17)19(24)21-20-18(23)15-11-9-14(3)10-12-15/h6-13H,4-5H2,1-3H3,(H,20,23)(H,21,24). The molecule has 0 saturated heterocycles. The summed E-state index contributed by atoms with van der Waals surface area (Å²) in [6.45, 7) is 6.07. The van der Waals surface area contributed by atoms with Crippen LogP contribution in [0.5, 0.6) is 0 Å². The Hall–Kier alpha value is -2.71. The Kier molecular flexibility index (Phi) is 6.70. The average molecular weight is 389 g/mol. The van der Waals surface area contributed by atoms with Crippen LogP contribution in [0.1, 0.15) is 40.1 Å². The average Bonchev–Trinajstić information content (AvgIpc) is 2.67. The Morgan fingerprint density at radius 3 is 2.00 bits per heavy atom. The van der Waals surface area contributed by atoms with Gasteiger partial charge in [0.2, 0.25) is 10.0 Å². The van der Waals surface area contributed by atoms with Crippen LogP contribution in [0.4, 0.5) is 0 Å². The molecular weight excluding hydrogens is 366 g/mol. The summed E-state index contributed by atoms with van der Waals surface area (Å²) in [5, 5.41) is 0. The lowest BCUT2D eigenvalue weighted by Gasteiger charge is -2.18. The first-order valence-corrected chi connectivity index (χ1v) is 10.0. The van der Waals surface area contributed by atoms with Crippen LogP contribution in [0.2, 0.25) is 0 Å². The van der Waals surface area contributed by atoms with Crippen LogP contribution >= 0.6 is 0 Å². The Balaban J connectivity index is 2.11. The van der Waals surface area contributed by atoms with Crippen molar-refractivity contribution in [3.63, 3.8) is 0 Å². The topological polar surface area (TPSA) is 95.6 Å². The van der Waals surface area contributed by atoms with Crippen molar-refractivity contribution in [2.24, 2.45) is 0 Å². The molecule has 7 nitrogen and oxygen atoms in total. The van der Waals surface area contributed by atoms with Gasteiger partial charge >= 0.3 is 0 Å². The molecule has 0 unspecified atom stereocenters. The molecule has 2 aromatic carbocycles. The molecular formula is C19H23N3O4S. The summed E-state index contributed by atoms with van der Waals surface area (Å²) in [7, 11) is -3.67. The van der Waals surface area contributed by atoms with E-state index in [4.69, 9.17) is 0 Å². The molecule has 0 fully saturated rings. The van der Waals surface area contributed by atoms with Crippen molar-refractivity contribution in [1.82, 2.24) is 15.2 Å². The molecule has 0 aliphatic carbocycles. The maximum Gasteiger partial charge on any atom is 0.269 e. The fraction of sp³-hybridized carbons (Fsp3) is 0.263. The zero-order valence-electron chi connectivity index (χ0n) is 15.5. The number of hydrazine groups is 1. The van der Waals surface area contributed by atoms with Crippen LogP contribution in [0, 0.1) is 6.92 Å². The van der Waals surface area contributed by atoms with Crippen LogP contribution in [-0.2, 0) is 10.0 Å². The third-order valence-electron chi connectivity index (χ3n) is 4.04. The molecule has 8 heteroatoms. The van der Waals surface area contributed by atoms with Crippen LogP contribution in [0.25, 0.3) is 0 Å². The van der Waals surface area contributed by atoms with Crippen molar-refractivity contribution in [3.8, 4) is 0 Å². The summed E-state index contributed by atoms with van der Waals surface area (Å²) in [5.41, 5.74) is 6.17. The summed E-state index contributed by atoms with van der Waals surface area (Å²) in [6.07, 6.45) is 0. The smallest absolute Gasteiger partial charge is 0.267 e. The monoisotopic (exact) mass is 389 g/mol. The van der Waals surface area contributed by atoms with Gasteiger partial charge in [0.15, 0.2) is 0 Å². The third-order valence-corrected chi connectivity index (χ3v) is 6.09. The van der Waals surface area contributed by atoms with Gasteiger partial charge < -0.3 is 0 Å². The van der Waals surface area contributed by atoms with Crippen molar-refractivity contribution < 1.29 is 18.0 Å². The second kappa shape index (κ2) is 8.79. The Bertz CT molecular complexity index is 920. The molecule has 0 bridgehead atoms. The van der Waals surface area contributed by atoms with Gasteiger partial charge in [0.25, 0.3) is 11.8 Å². The van der Waals surface area contributed by atoms with Crippen molar-refractivity contribution >= 4 is 21.8 Å². The molecule has 2 amide bonds. The van der Waals surface area contributed by atoms with E-state index in [1.807, 2.05) is 6.92 Å². The lowest BCUT2D eigenvalue weighted by Crippen LogP contribution is -2.41. The van der Waals surface area contributed by atoms with Gasteiger partial charge in [-0.05, 0) is 37.3 Å². The summed E-state index contributed by atoms with van der Waals surface area (Å²) >= 11 is 0. The van der Waals surface area contributed by atoms with E-state index >= 15 is 0 Å². The molecule has 0 saturated carbocycles. The van der Waals surface area contributed by atoms with Crippen molar-refractivity contribution in [3.05, 3.63) is 65.2 Å². The Morgan fingerprint density at radius 2 is 1.44 bits per heavy atom. The Labute approximate surface area is 159 Å². The molecule has 0 aliphatic rings. The number of nitrogens with one attached hydrogen (secondary N) is 2. The number of carbonyl (C=O) groups is 2. The number of sulfonamides is 1. The van der Waals surface area contributed by atoms with Gasteiger partial charge in [0.05, 0.1) is 4.90 Å². The van der Waals surface area contributed by atoms with Crippen LogP contribution < -0.4 is 10.9 Å². The fourth-order valence-electron chi connectivity index (χ4n) is 2.47. The number of nitrogens with zero attached hydrogens (tertiary/aromatic N) is 1. The van der Waals surface area contributed by atoms with E-state index in [9.17, 15) is 18.0 Å². The van der Waals surface area contributed by atoms with Crippen molar-refractivity contribution in [1.29, 1.82) is 0 Å². The van der Waals surface area contributed by atoms with E-state index in [1.54, 1.807) is 38.1 Å². The summed E-state index contributed by atoms with van der Waals surface area (Å²) in [6, 6.07) is 12.6. The number of aryl methyl sites for hydroxylation is 1. The van der Waals surface area contributed by atoms with Gasteiger partial charge in [0, 0.05) is 24.2 Å². The second-order valence-corrected chi connectivity index (χ2v) is 7.83. The van der Waals surface area contributed by atoms with Gasteiger partial charge in [-0.25, -0.2) is 8.42 Å². The largest absolute Gasteiger partial charge is 0.269 e. The number of amides is 2. The first kappa shape index (κ1) is 20.6. The minimum Gasteiger partial charge on any atom is -0.267 e. The van der Waals surface area contributed by atoms with Crippen molar-refractivity contribution in [2.45, 2.75) is 25.7 Å². The molecule has 144 valence electrons. The number of hydrogen-bond donors (Lipinski definition) is 2. The summed E-state index contributed by atoms with van der Waals surface area (Å²) in [4.78, 5) is 24.4. The molecule has 0 aliphatic heterocycles. The molecule has 2 N–H and O–H groups in total. The van der Waals surface area contributed by atoms with E-state index in [0.29, 0.717) is 18.7 Å². The first-order valence-electron chi connectivity index (χ1n) is 8.57. The van der Waals surface area contributed by atoms with Crippen molar-refractivity contribution in [2.75, 3.05) is 13.1 Å². The van der Waals surface area contributed by atoms with Gasteiger partial charge in [-0.2, -0.15) is 4.31 Å². The minimum atomic E-state index is -3.67. The van der Waals surface area contributed by atoms with Crippen LogP contribution in [0.3, 0.4) is 0 Å². The first-order chi connectivity index (χ1) is 12.8. The number of benzene rings is 2. The maximum absolute atomic E-state index is 12.6. The fourth-order valence-corrected chi connectivity index (χ4v) is 3.98. The lowest BCUT2D eigenvalue weighted by atomic mass is 10.1. The quantitative estimate of drug-likeness (QED) is 0.740.